The van der Waals surface area contributed by atoms with E-state index in [-0.39, 0.29) is 24.7 Å². The van der Waals surface area contributed by atoms with Crippen LogP contribution in [0.5, 0.6) is 0 Å². The van der Waals surface area contributed by atoms with Gasteiger partial charge in [-0.3, -0.25) is 9.59 Å². The second-order valence-electron chi connectivity index (χ2n) is 6.40. The normalized spacial score (nSPS) is 22.8. The summed E-state index contributed by atoms with van der Waals surface area (Å²) in [5.74, 6) is -2.04. The second-order valence-corrected chi connectivity index (χ2v) is 7.18. The summed E-state index contributed by atoms with van der Waals surface area (Å²) in [5, 5.41) is 26.2. The number of benzene rings is 1. The molecule has 26 heavy (non-hydrogen) atoms. The Morgan fingerprint density at radius 3 is 2.69 bits per heavy atom. The Labute approximate surface area is 156 Å². The van der Waals surface area contributed by atoms with E-state index in [9.17, 15) is 14.6 Å². The number of hydrogen-bond donors (Lipinski definition) is 3. The van der Waals surface area contributed by atoms with Crippen LogP contribution in [0.4, 0.5) is 0 Å². The zero-order valence-electron chi connectivity index (χ0n) is 14.1. The first-order valence-corrected chi connectivity index (χ1v) is 9.38. The summed E-state index contributed by atoms with van der Waals surface area (Å²) >= 11 is 1.52. The molecule has 1 fully saturated rings. The lowest BCUT2D eigenvalue weighted by molar-refractivity contribution is -0.139. The zero-order valence-corrected chi connectivity index (χ0v) is 14.9. The average molecular weight is 373 g/mol. The Hall–Kier alpha value is -2.16. The minimum atomic E-state index is -1.26. The van der Waals surface area contributed by atoms with Gasteiger partial charge >= 0.3 is 13.1 Å². The number of carbonyl (C=O) groups excluding carboxylic acids is 1. The van der Waals surface area contributed by atoms with E-state index in [1.165, 1.54) is 11.3 Å². The maximum atomic E-state index is 12.4. The van der Waals surface area contributed by atoms with Crippen LogP contribution in [0.1, 0.15) is 29.9 Å². The number of carbonyl (C=O) groups is 2. The Morgan fingerprint density at radius 1 is 1.27 bits per heavy atom. The molecule has 2 heterocycles. The van der Waals surface area contributed by atoms with Crippen molar-refractivity contribution in [2.24, 2.45) is 0 Å². The first kappa shape index (κ1) is 18.6. The number of rotatable bonds is 6. The zero-order chi connectivity index (χ0) is 18.5. The van der Waals surface area contributed by atoms with Crippen molar-refractivity contribution in [1.29, 1.82) is 0 Å². The second kappa shape index (κ2) is 8.48. The van der Waals surface area contributed by atoms with Gasteiger partial charge in [-0.15, -0.1) is 0 Å². The summed E-state index contributed by atoms with van der Waals surface area (Å²) < 4.78 is 5.46. The molecular weight excluding hydrogens is 353 g/mol. The molecule has 1 aliphatic rings. The highest BCUT2D eigenvalue weighted by atomic mass is 32.1. The Kier molecular flexibility index (Phi) is 6.08. The Balaban J connectivity index is 1.76. The molecule has 0 bridgehead atoms. The Bertz CT molecular complexity index is 739. The van der Waals surface area contributed by atoms with Crippen LogP contribution in [0.2, 0.25) is 0 Å². The number of aliphatic carboxylic acids is 1. The van der Waals surface area contributed by atoms with Crippen molar-refractivity contribution in [3.8, 4) is 0 Å². The van der Waals surface area contributed by atoms with Gasteiger partial charge in [0, 0.05) is 5.92 Å². The summed E-state index contributed by atoms with van der Waals surface area (Å²) in [7, 11) is -1.26. The predicted octanol–water partition coefficient (Wildman–Crippen LogP) is 1.84. The molecule has 1 saturated heterocycles. The number of thiophene rings is 1. The molecule has 3 atom stereocenters. The van der Waals surface area contributed by atoms with Crippen LogP contribution in [-0.2, 0) is 20.7 Å². The third-order valence-electron chi connectivity index (χ3n) is 4.49. The number of amides is 1. The van der Waals surface area contributed by atoms with Crippen LogP contribution < -0.4 is 5.32 Å². The largest absolute Gasteiger partial charge is 0.481 e. The van der Waals surface area contributed by atoms with Crippen LogP contribution in [-0.4, -0.2) is 41.2 Å². The van der Waals surface area contributed by atoms with Crippen molar-refractivity contribution < 1.29 is 24.4 Å². The quantitative estimate of drug-likeness (QED) is 0.672. The monoisotopic (exact) mass is 373 g/mol. The predicted molar refractivity (Wildman–Crippen MR) is 98.9 cm³/mol. The highest BCUT2D eigenvalue weighted by molar-refractivity contribution is 7.08. The lowest BCUT2D eigenvalue weighted by Crippen LogP contribution is -2.57. The van der Waals surface area contributed by atoms with Gasteiger partial charge in [0.1, 0.15) is 0 Å². The van der Waals surface area contributed by atoms with Gasteiger partial charge in [0.25, 0.3) is 0 Å². The third kappa shape index (κ3) is 4.72. The van der Waals surface area contributed by atoms with Gasteiger partial charge in [-0.1, -0.05) is 30.3 Å². The Morgan fingerprint density at radius 2 is 2.04 bits per heavy atom. The average Bonchev–Trinajstić information content (AvgIpc) is 3.10. The van der Waals surface area contributed by atoms with Crippen LogP contribution in [0, 0.1) is 0 Å². The van der Waals surface area contributed by atoms with E-state index in [2.05, 4.69) is 5.32 Å². The van der Waals surface area contributed by atoms with Gasteiger partial charge in [0.05, 0.1) is 24.9 Å². The van der Waals surface area contributed by atoms with Crippen LogP contribution in [0.3, 0.4) is 0 Å². The van der Waals surface area contributed by atoms with Crippen molar-refractivity contribution >= 4 is 30.3 Å². The van der Waals surface area contributed by atoms with Crippen LogP contribution >= 0.6 is 11.3 Å². The first-order chi connectivity index (χ1) is 12.5. The minimum Gasteiger partial charge on any atom is -0.481 e. The summed E-state index contributed by atoms with van der Waals surface area (Å²) in [6, 6.07) is 11.4. The van der Waals surface area contributed by atoms with Gasteiger partial charge in [-0.25, -0.2) is 0 Å². The fraction of sp³-hybridized carbons (Fsp3) is 0.333. The van der Waals surface area contributed by atoms with Crippen molar-refractivity contribution in [1.82, 2.24) is 5.32 Å². The highest BCUT2D eigenvalue weighted by Crippen LogP contribution is 2.33. The molecule has 3 rings (SSSR count). The maximum absolute atomic E-state index is 12.4. The molecule has 8 heteroatoms. The van der Waals surface area contributed by atoms with E-state index in [4.69, 9.17) is 9.76 Å². The number of carboxylic acids is 1. The number of nitrogens with one attached hydrogen (secondary N) is 1. The van der Waals surface area contributed by atoms with Gasteiger partial charge in [-0.2, -0.15) is 11.3 Å². The minimum absolute atomic E-state index is 0.185. The molecule has 1 amide bonds. The van der Waals surface area contributed by atoms with Crippen molar-refractivity contribution in [2.45, 2.75) is 37.2 Å². The van der Waals surface area contributed by atoms with Gasteiger partial charge in [-0.05, 0) is 34.4 Å². The van der Waals surface area contributed by atoms with Gasteiger partial charge in [0.2, 0.25) is 5.91 Å². The highest BCUT2D eigenvalue weighted by Gasteiger charge is 2.43. The number of carboxylic acid groups (broad SMARTS) is 1. The molecule has 0 aliphatic carbocycles. The summed E-state index contributed by atoms with van der Waals surface area (Å²) in [6.45, 7) is 0. The van der Waals surface area contributed by atoms with E-state index >= 15 is 0 Å². The van der Waals surface area contributed by atoms with Gasteiger partial charge in [0.15, 0.2) is 0 Å². The molecule has 2 aromatic rings. The number of hydrogen-bond acceptors (Lipinski definition) is 5. The summed E-state index contributed by atoms with van der Waals surface area (Å²) in [5.41, 5.74) is 1.85. The van der Waals surface area contributed by atoms with E-state index < -0.39 is 25.1 Å². The molecule has 0 spiro atoms. The van der Waals surface area contributed by atoms with Crippen LogP contribution in [0.15, 0.2) is 47.2 Å². The summed E-state index contributed by atoms with van der Waals surface area (Å²) in [4.78, 5) is 23.4. The third-order valence-corrected chi connectivity index (χ3v) is 5.22. The molecule has 6 nitrogen and oxygen atoms in total. The molecule has 1 aromatic carbocycles. The molecule has 0 radical (unpaired) electrons. The topological polar surface area (TPSA) is 95.9 Å². The fourth-order valence-electron chi connectivity index (χ4n) is 3.32. The summed E-state index contributed by atoms with van der Waals surface area (Å²) in [6.07, 6.45) is -0.141. The standard InChI is InChI=1S/C18H20BNO5S/c21-16(8-12-6-7-26-11-12)20-18-15(13-4-2-1-3-5-13)9-14(10-17(22)23)25-19(18)24/h1-7,11,14-15,18,24H,8-10H2,(H,20,21)(H,22,23)/t14-,15?,18-/m0/s1. The first-order valence-electron chi connectivity index (χ1n) is 8.43. The van der Waals surface area contributed by atoms with E-state index in [0.29, 0.717) is 6.42 Å². The SMILES string of the molecule is O=C(O)C[C@@H]1CC(c2ccccc2)[C@H](NC(=O)Cc2ccsc2)B(O)O1. The van der Waals surface area contributed by atoms with E-state index in [1.54, 1.807) is 0 Å². The van der Waals surface area contributed by atoms with Crippen LogP contribution in [0.25, 0.3) is 0 Å². The molecule has 136 valence electrons. The fourth-order valence-corrected chi connectivity index (χ4v) is 3.99. The molecular formula is C18H20BNO5S. The molecule has 1 unspecified atom stereocenters. The van der Waals surface area contributed by atoms with E-state index in [1.807, 2.05) is 47.2 Å². The lowest BCUT2D eigenvalue weighted by Gasteiger charge is -2.38. The smallest absolute Gasteiger partial charge is 0.479 e. The van der Waals surface area contributed by atoms with E-state index in [0.717, 1.165) is 11.1 Å². The van der Waals surface area contributed by atoms with Crippen molar-refractivity contribution in [2.75, 3.05) is 0 Å². The van der Waals surface area contributed by atoms with Gasteiger partial charge < -0.3 is 20.1 Å². The molecule has 0 saturated carbocycles. The molecule has 3 N–H and O–H groups in total. The van der Waals surface area contributed by atoms with Crippen molar-refractivity contribution in [3.05, 3.63) is 58.3 Å². The molecule has 1 aromatic heterocycles. The molecule has 1 aliphatic heterocycles. The van der Waals surface area contributed by atoms with Crippen molar-refractivity contribution in [3.63, 3.8) is 0 Å². The lowest BCUT2D eigenvalue weighted by atomic mass is 9.64. The maximum Gasteiger partial charge on any atom is 0.479 e.